The molecule has 0 spiro atoms. The molecule has 0 radical (unpaired) electrons. The second-order valence-electron chi connectivity index (χ2n) is 9.88. The summed E-state index contributed by atoms with van der Waals surface area (Å²) in [5, 5.41) is 0.976. The van der Waals surface area contributed by atoms with E-state index in [-0.39, 0.29) is 26.3 Å². The number of hydrogen-bond donors (Lipinski definition) is 3. The van der Waals surface area contributed by atoms with Crippen LogP contribution in [0.25, 0.3) is 0 Å². The Morgan fingerprint density at radius 3 is 1.49 bits per heavy atom. The molecule has 9 nitrogen and oxygen atoms in total. The highest BCUT2D eigenvalue weighted by Gasteiger charge is 2.65. The van der Waals surface area contributed by atoms with Gasteiger partial charge in [-0.1, -0.05) is 37.8 Å². The molecule has 2 bridgehead atoms. The van der Waals surface area contributed by atoms with Crippen molar-refractivity contribution in [3.63, 3.8) is 0 Å². The van der Waals surface area contributed by atoms with Gasteiger partial charge >= 0.3 is 0 Å². The zero-order chi connectivity index (χ0) is 28.5. The number of rotatable bonds is 6. The van der Waals surface area contributed by atoms with Crippen molar-refractivity contribution in [2.24, 2.45) is 5.41 Å². The standard InChI is InChI=1S/C26H23O9PS3/c1-16-24(18-5-11-21(12-6-18)38(30,31)32)36-15-26(16,2)23(17-3-9-20(10-4-17)37(27,28)29)25(36)19-7-13-22(14-8-19)39(33,34)35/h3-14,23,25H,1,15H2,2H3,(H2-,27,28,29,30,31,32,33,34,35)/p+1. The van der Waals surface area contributed by atoms with Crippen LogP contribution in [0.15, 0.2) is 99.6 Å². The van der Waals surface area contributed by atoms with Crippen LogP contribution < -0.4 is 0 Å². The fourth-order valence-electron chi connectivity index (χ4n) is 5.76. The molecule has 0 aliphatic carbocycles. The Kier molecular flexibility index (Phi) is 6.55. The molecule has 0 aromatic heterocycles. The minimum absolute atomic E-state index is 0.154. The average Bonchev–Trinajstić information content (AvgIpc) is 3.30. The van der Waals surface area contributed by atoms with Gasteiger partial charge in [-0.25, -0.2) is 0 Å². The predicted molar refractivity (Wildman–Crippen MR) is 147 cm³/mol. The molecule has 0 amide bonds. The maximum absolute atomic E-state index is 11.6. The van der Waals surface area contributed by atoms with E-state index in [2.05, 4.69) is 13.5 Å². The van der Waals surface area contributed by atoms with E-state index in [0.29, 0.717) is 0 Å². The third kappa shape index (κ3) is 4.80. The first-order valence-corrected chi connectivity index (χ1v) is 17.5. The lowest BCUT2D eigenvalue weighted by Crippen LogP contribution is -2.30. The highest BCUT2D eigenvalue weighted by Crippen LogP contribution is 2.74. The Morgan fingerprint density at radius 2 is 1.08 bits per heavy atom. The van der Waals surface area contributed by atoms with Gasteiger partial charge < -0.3 is 0 Å². The molecule has 1 fully saturated rings. The Hall–Kier alpha value is -2.70. The first-order valence-electron chi connectivity index (χ1n) is 11.6. The first-order chi connectivity index (χ1) is 18.0. The van der Waals surface area contributed by atoms with Crippen LogP contribution in [-0.4, -0.2) is 50.4 Å². The summed E-state index contributed by atoms with van der Waals surface area (Å²) in [6, 6.07) is 17.9. The number of benzene rings is 3. The van der Waals surface area contributed by atoms with Gasteiger partial charge in [-0.2, -0.15) is 25.3 Å². The van der Waals surface area contributed by atoms with E-state index in [9.17, 15) is 38.9 Å². The summed E-state index contributed by atoms with van der Waals surface area (Å²) in [4.78, 5) is -0.699. The molecule has 3 N–H and O–H groups in total. The minimum atomic E-state index is -4.39. The summed E-state index contributed by atoms with van der Waals surface area (Å²) in [5.74, 6) is -0.177. The molecule has 1 saturated heterocycles. The van der Waals surface area contributed by atoms with E-state index in [1.54, 1.807) is 36.4 Å². The summed E-state index contributed by atoms with van der Waals surface area (Å²) < 4.78 is 97.9. The molecule has 13 heteroatoms. The largest absolute Gasteiger partial charge is 0.294 e. The van der Waals surface area contributed by atoms with Gasteiger partial charge in [-0.05, 0) is 59.7 Å². The number of hydrogen-bond acceptors (Lipinski definition) is 6. The Labute approximate surface area is 227 Å². The second kappa shape index (κ2) is 9.17. The van der Waals surface area contributed by atoms with Crippen LogP contribution in [0.5, 0.6) is 0 Å². The third-order valence-corrected chi connectivity index (χ3v) is 13.6. The van der Waals surface area contributed by atoms with E-state index in [4.69, 9.17) is 0 Å². The summed E-state index contributed by atoms with van der Waals surface area (Å²) in [5.41, 5.74) is 2.64. The van der Waals surface area contributed by atoms with E-state index >= 15 is 0 Å². The minimum Gasteiger partial charge on any atom is -0.282 e. The van der Waals surface area contributed by atoms with Crippen molar-refractivity contribution >= 4 is 43.2 Å². The fourth-order valence-corrected chi connectivity index (χ4v) is 11.4. The van der Waals surface area contributed by atoms with Crippen LogP contribution >= 0.6 is 7.55 Å². The third-order valence-electron chi connectivity index (χ3n) is 7.58. The van der Waals surface area contributed by atoms with Gasteiger partial charge in [-0.3, -0.25) is 13.7 Å². The molecule has 204 valence electrons. The van der Waals surface area contributed by atoms with Crippen molar-refractivity contribution in [1.29, 1.82) is 0 Å². The smallest absolute Gasteiger partial charge is 0.282 e. The quantitative estimate of drug-likeness (QED) is 0.270. The lowest BCUT2D eigenvalue weighted by atomic mass is 9.67. The highest BCUT2D eigenvalue weighted by molar-refractivity contribution is 7.86. The van der Waals surface area contributed by atoms with Gasteiger partial charge in [0, 0.05) is 22.5 Å². The van der Waals surface area contributed by atoms with Gasteiger partial charge in [0.15, 0.2) is 5.29 Å². The maximum atomic E-state index is 11.6. The molecular formula is C26H24O9PS3+. The molecular weight excluding hydrogens is 583 g/mol. The zero-order valence-corrected chi connectivity index (χ0v) is 23.8. The van der Waals surface area contributed by atoms with Crippen molar-refractivity contribution in [3.05, 3.63) is 102 Å². The normalized spacial score (nSPS) is 24.4. The molecule has 2 heterocycles. The van der Waals surface area contributed by atoms with E-state index in [0.717, 1.165) is 33.7 Å². The molecule has 2 aliphatic heterocycles. The zero-order valence-electron chi connectivity index (χ0n) is 20.5. The van der Waals surface area contributed by atoms with Gasteiger partial charge in [-0.15, -0.1) is 0 Å². The Balaban J connectivity index is 1.69. The topological polar surface area (TPSA) is 163 Å². The first kappa shape index (κ1) is 27.9. The number of fused-ring (bicyclic) bond motifs is 2. The molecule has 2 aliphatic rings. The lowest BCUT2D eigenvalue weighted by Gasteiger charge is -2.33. The lowest BCUT2D eigenvalue weighted by molar-refractivity contribution is 0.385. The number of allylic oxidation sites excluding steroid dienone is 1. The van der Waals surface area contributed by atoms with Crippen LogP contribution in [0.4, 0.5) is 0 Å². The summed E-state index contributed by atoms with van der Waals surface area (Å²) >= 11 is 0. The predicted octanol–water partition coefficient (Wildman–Crippen LogP) is 4.54. The molecule has 0 saturated carbocycles. The highest BCUT2D eigenvalue weighted by atomic mass is 32.2. The van der Waals surface area contributed by atoms with Crippen LogP contribution in [0.1, 0.15) is 35.2 Å². The van der Waals surface area contributed by atoms with E-state index in [1.165, 1.54) is 36.4 Å². The Bertz CT molecular complexity index is 1860. The summed E-state index contributed by atoms with van der Waals surface area (Å²) in [6.07, 6.45) is 0.728. The average molecular weight is 608 g/mol. The van der Waals surface area contributed by atoms with Crippen LogP contribution in [0.2, 0.25) is 0 Å². The molecule has 3 aromatic carbocycles. The van der Waals surface area contributed by atoms with Crippen LogP contribution in [0.3, 0.4) is 0 Å². The van der Waals surface area contributed by atoms with Gasteiger partial charge in [0.05, 0.1) is 14.7 Å². The second-order valence-corrected chi connectivity index (χ2v) is 16.4. The van der Waals surface area contributed by atoms with Crippen molar-refractivity contribution in [3.8, 4) is 0 Å². The van der Waals surface area contributed by atoms with Crippen molar-refractivity contribution in [2.75, 3.05) is 6.16 Å². The van der Waals surface area contributed by atoms with Crippen LogP contribution in [0, 0.1) is 5.41 Å². The van der Waals surface area contributed by atoms with Gasteiger partial charge in [0.1, 0.15) is 19.4 Å². The maximum Gasteiger partial charge on any atom is 0.294 e. The van der Waals surface area contributed by atoms with Crippen LogP contribution in [-0.2, 0) is 30.4 Å². The molecule has 39 heavy (non-hydrogen) atoms. The molecule has 5 rings (SSSR count). The molecule has 3 aromatic rings. The van der Waals surface area contributed by atoms with Gasteiger partial charge in [0.25, 0.3) is 30.4 Å². The fraction of sp³-hybridized carbons (Fsp3) is 0.192. The monoisotopic (exact) mass is 607 g/mol. The Morgan fingerprint density at radius 1 is 0.692 bits per heavy atom. The SMILES string of the molecule is C=C1C(c2ccc(S(=O)(=O)O)cc2)=[P+]2CC1(C)C(c1ccc(S(=O)(=O)O)cc1)C2c1ccc(S(=O)(=O)O)cc1. The van der Waals surface area contributed by atoms with E-state index < -0.39 is 43.3 Å². The molecule has 4 atom stereocenters. The summed E-state index contributed by atoms with van der Waals surface area (Å²) in [7, 11) is -14.1. The van der Waals surface area contributed by atoms with Crippen molar-refractivity contribution in [2.45, 2.75) is 33.2 Å². The van der Waals surface area contributed by atoms with Crippen molar-refractivity contribution in [1.82, 2.24) is 0 Å². The van der Waals surface area contributed by atoms with E-state index in [1.807, 2.05) is 0 Å². The van der Waals surface area contributed by atoms with Gasteiger partial charge in [0.2, 0.25) is 0 Å². The van der Waals surface area contributed by atoms with Crippen molar-refractivity contribution < 1.29 is 38.9 Å². The summed E-state index contributed by atoms with van der Waals surface area (Å²) in [6.45, 7) is 6.48. The molecule has 4 unspecified atom stereocenters.